The molecule has 4 nitrogen and oxygen atoms in total. The molecule has 0 fully saturated rings. The van der Waals surface area contributed by atoms with Gasteiger partial charge >= 0.3 is 0 Å². The summed E-state index contributed by atoms with van der Waals surface area (Å²) in [6.45, 7) is 0. The van der Waals surface area contributed by atoms with Gasteiger partial charge in [-0.05, 0) is 48.5 Å². The molecule has 0 bridgehead atoms. The highest BCUT2D eigenvalue weighted by atomic mass is 19.1. The lowest BCUT2D eigenvalue weighted by atomic mass is 10.2. The molecule has 0 unspecified atom stereocenters. The summed E-state index contributed by atoms with van der Waals surface area (Å²) in [5, 5.41) is 6.98. The first-order valence-electron chi connectivity index (χ1n) is 5.76. The first-order chi connectivity index (χ1) is 9.22. The average molecular weight is 254 g/mol. The van der Waals surface area contributed by atoms with E-state index in [1.165, 1.54) is 12.1 Å². The van der Waals surface area contributed by atoms with Gasteiger partial charge < -0.3 is 5.73 Å². The average Bonchev–Trinajstić information content (AvgIpc) is 2.90. The Balaban J connectivity index is 1.95. The van der Waals surface area contributed by atoms with Gasteiger partial charge in [0.2, 0.25) is 0 Å². The lowest BCUT2D eigenvalue weighted by molar-refractivity contribution is 0.628. The third-order valence-electron chi connectivity index (χ3n) is 2.77. The Morgan fingerprint density at radius 1 is 0.895 bits per heavy atom. The van der Waals surface area contributed by atoms with Crippen molar-refractivity contribution in [1.82, 2.24) is 15.2 Å². The van der Waals surface area contributed by atoms with Gasteiger partial charge in [-0.2, -0.15) is 5.10 Å². The molecule has 0 aliphatic rings. The first-order valence-corrected chi connectivity index (χ1v) is 5.76. The van der Waals surface area contributed by atoms with Crippen LogP contribution in [-0.4, -0.2) is 15.2 Å². The van der Waals surface area contributed by atoms with E-state index in [9.17, 15) is 4.39 Å². The number of benzene rings is 2. The maximum Gasteiger partial charge on any atom is 0.181 e. The van der Waals surface area contributed by atoms with Crippen LogP contribution in [0.25, 0.3) is 22.8 Å². The molecule has 0 saturated carbocycles. The van der Waals surface area contributed by atoms with Crippen LogP contribution in [0.4, 0.5) is 10.1 Å². The zero-order chi connectivity index (χ0) is 13.2. The van der Waals surface area contributed by atoms with Crippen molar-refractivity contribution in [3.05, 3.63) is 54.3 Å². The summed E-state index contributed by atoms with van der Waals surface area (Å²) < 4.78 is 12.9. The number of hydrogen-bond acceptors (Lipinski definition) is 3. The summed E-state index contributed by atoms with van der Waals surface area (Å²) in [5.74, 6) is 0.910. The van der Waals surface area contributed by atoms with Crippen molar-refractivity contribution in [1.29, 1.82) is 0 Å². The second-order valence-electron chi connectivity index (χ2n) is 4.14. The molecule has 3 rings (SSSR count). The van der Waals surface area contributed by atoms with Crippen LogP contribution in [0.5, 0.6) is 0 Å². The summed E-state index contributed by atoms with van der Waals surface area (Å²) in [6, 6.07) is 13.4. The van der Waals surface area contributed by atoms with Gasteiger partial charge in [-0.25, -0.2) is 9.37 Å². The van der Waals surface area contributed by atoms with E-state index in [1.54, 1.807) is 24.3 Å². The van der Waals surface area contributed by atoms with Gasteiger partial charge in [0, 0.05) is 16.8 Å². The third kappa shape index (κ3) is 2.30. The summed E-state index contributed by atoms with van der Waals surface area (Å²) in [6.07, 6.45) is 0. The lowest BCUT2D eigenvalue weighted by Gasteiger charge is -1.96. The zero-order valence-electron chi connectivity index (χ0n) is 9.97. The molecule has 3 N–H and O–H groups in total. The van der Waals surface area contributed by atoms with Crippen molar-refractivity contribution < 1.29 is 4.39 Å². The summed E-state index contributed by atoms with van der Waals surface area (Å²) in [7, 11) is 0. The Morgan fingerprint density at radius 2 is 1.53 bits per heavy atom. The van der Waals surface area contributed by atoms with Gasteiger partial charge in [0.15, 0.2) is 11.6 Å². The fourth-order valence-corrected chi connectivity index (χ4v) is 1.76. The number of H-pyrrole nitrogens is 1. The van der Waals surface area contributed by atoms with Gasteiger partial charge in [-0.15, -0.1) is 0 Å². The van der Waals surface area contributed by atoms with Crippen LogP contribution in [0.15, 0.2) is 48.5 Å². The molecule has 0 aliphatic carbocycles. The van der Waals surface area contributed by atoms with Crippen LogP contribution in [0, 0.1) is 5.82 Å². The van der Waals surface area contributed by atoms with E-state index in [4.69, 9.17) is 5.73 Å². The molecule has 0 saturated heterocycles. The van der Waals surface area contributed by atoms with Crippen LogP contribution in [-0.2, 0) is 0 Å². The Hall–Kier alpha value is -2.69. The Labute approximate surface area is 109 Å². The molecule has 0 amide bonds. The van der Waals surface area contributed by atoms with Crippen LogP contribution >= 0.6 is 0 Å². The van der Waals surface area contributed by atoms with E-state index >= 15 is 0 Å². The van der Waals surface area contributed by atoms with Crippen molar-refractivity contribution in [2.24, 2.45) is 0 Å². The Morgan fingerprint density at radius 3 is 2.21 bits per heavy atom. The van der Waals surface area contributed by atoms with Crippen molar-refractivity contribution in [3.63, 3.8) is 0 Å². The number of anilines is 1. The number of nitrogens with one attached hydrogen (secondary N) is 1. The molecule has 0 atom stereocenters. The lowest BCUT2D eigenvalue weighted by Crippen LogP contribution is -1.85. The van der Waals surface area contributed by atoms with E-state index in [0.29, 0.717) is 17.3 Å². The van der Waals surface area contributed by atoms with Gasteiger partial charge in [0.25, 0.3) is 0 Å². The van der Waals surface area contributed by atoms with Gasteiger partial charge in [-0.3, -0.25) is 5.10 Å². The van der Waals surface area contributed by atoms with E-state index in [1.807, 2.05) is 12.1 Å². The molecule has 0 aliphatic heterocycles. The third-order valence-corrected chi connectivity index (χ3v) is 2.77. The molecule has 94 valence electrons. The number of rotatable bonds is 2. The minimum absolute atomic E-state index is 0.276. The zero-order valence-corrected chi connectivity index (χ0v) is 9.97. The quantitative estimate of drug-likeness (QED) is 0.691. The summed E-state index contributed by atoms with van der Waals surface area (Å²) in [5.41, 5.74) is 7.99. The molecule has 0 radical (unpaired) electrons. The molecule has 1 aromatic heterocycles. The smallest absolute Gasteiger partial charge is 0.181 e. The minimum atomic E-state index is -0.276. The number of nitrogens with two attached hydrogens (primary N) is 1. The van der Waals surface area contributed by atoms with Crippen LogP contribution in [0.2, 0.25) is 0 Å². The van der Waals surface area contributed by atoms with Crippen molar-refractivity contribution in [2.45, 2.75) is 0 Å². The Kier molecular flexibility index (Phi) is 2.72. The van der Waals surface area contributed by atoms with Gasteiger partial charge in [0.05, 0.1) is 0 Å². The predicted octanol–water partition coefficient (Wildman–Crippen LogP) is 2.86. The standard InChI is InChI=1S/C14H11FN4/c15-11-5-1-9(2-6-11)13-17-14(19-18-13)10-3-7-12(16)8-4-10/h1-8H,16H2,(H,17,18,19). The Bertz CT molecular complexity index is 626. The summed E-state index contributed by atoms with van der Waals surface area (Å²) in [4.78, 5) is 4.38. The second-order valence-corrected chi connectivity index (χ2v) is 4.14. The SMILES string of the molecule is Nc1ccc(-c2n[nH]c(-c3ccc(F)cc3)n2)cc1. The summed E-state index contributed by atoms with van der Waals surface area (Å²) >= 11 is 0. The highest BCUT2D eigenvalue weighted by Crippen LogP contribution is 2.20. The molecule has 0 spiro atoms. The fraction of sp³-hybridized carbons (Fsp3) is 0. The monoisotopic (exact) mass is 254 g/mol. The molecule has 2 aromatic carbocycles. The maximum atomic E-state index is 12.9. The van der Waals surface area contributed by atoms with E-state index < -0.39 is 0 Å². The highest BCUT2D eigenvalue weighted by molar-refractivity contribution is 5.62. The van der Waals surface area contributed by atoms with Crippen molar-refractivity contribution in [3.8, 4) is 22.8 Å². The van der Waals surface area contributed by atoms with Crippen molar-refractivity contribution in [2.75, 3.05) is 5.73 Å². The van der Waals surface area contributed by atoms with E-state index in [0.717, 1.165) is 11.1 Å². The molecule has 5 heteroatoms. The molecular weight excluding hydrogens is 243 g/mol. The van der Waals surface area contributed by atoms with Gasteiger partial charge in [0.1, 0.15) is 5.82 Å². The number of nitrogen functional groups attached to an aromatic ring is 1. The highest BCUT2D eigenvalue weighted by Gasteiger charge is 2.07. The topological polar surface area (TPSA) is 67.6 Å². The fourth-order valence-electron chi connectivity index (χ4n) is 1.76. The number of halogens is 1. The largest absolute Gasteiger partial charge is 0.399 e. The molecule has 1 heterocycles. The van der Waals surface area contributed by atoms with E-state index in [-0.39, 0.29) is 5.82 Å². The molecule has 3 aromatic rings. The first kappa shape index (κ1) is 11.4. The number of nitrogens with zero attached hydrogens (tertiary/aromatic N) is 2. The minimum Gasteiger partial charge on any atom is -0.399 e. The molecule has 19 heavy (non-hydrogen) atoms. The maximum absolute atomic E-state index is 12.9. The van der Waals surface area contributed by atoms with Gasteiger partial charge in [-0.1, -0.05) is 0 Å². The van der Waals surface area contributed by atoms with Crippen LogP contribution in [0.1, 0.15) is 0 Å². The number of hydrogen-bond donors (Lipinski definition) is 2. The number of aromatic amines is 1. The number of aromatic nitrogens is 3. The normalized spacial score (nSPS) is 10.6. The second kappa shape index (κ2) is 4.53. The van der Waals surface area contributed by atoms with E-state index in [2.05, 4.69) is 15.2 Å². The van der Waals surface area contributed by atoms with Crippen molar-refractivity contribution >= 4 is 5.69 Å². The predicted molar refractivity (Wildman–Crippen MR) is 71.6 cm³/mol. The van der Waals surface area contributed by atoms with Crippen LogP contribution in [0.3, 0.4) is 0 Å². The van der Waals surface area contributed by atoms with Crippen LogP contribution < -0.4 is 5.73 Å². The molecular formula is C14H11FN4.